The number of benzene rings is 8. The molecule has 1 unspecified atom stereocenters. The van der Waals surface area contributed by atoms with Crippen molar-refractivity contribution in [2.24, 2.45) is 9.98 Å². The second kappa shape index (κ2) is 12.0. The van der Waals surface area contributed by atoms with Gasteiger partial charge in [-0.1, -0.05) is 152 Å². The van der Waals surface area contributed by atoms with E-state index in [2.05, 4.69) is 145 Å². The Morgan fingerprint density at radius 3 is 2.02 bits per heavy atom. The number of nitrogens with zero attached hydrogens (tertiary/aromatic N) is 2. The van der Waals surface area contributed by atoms with Crippen molar-refractivity contribution in [1.29, 1.82) is 0 Å². The average Bonchev–Trinajstić information content (AvgIpc) is 3.60. The van der Waals surface area contributed by atoms with Crippen molar-refractivity contribution >= 4 is 55.2 Å². The van der Waals surface area contributed by atoms with Crippen molar-refractivity contribution < 1.29 is 4.42 Å². The first-order chi connectivity index (χ1) is 25.3. The molecule has 1 aliphatic rings. The lowest BCUT2D eigenvalue weighted by Crippen LogP contribution is -2.33. The van der Waals surface area contributed by atoms with Gasteiger partial charge in [0.15, 0.2) is 5.84 Å². The van der Waals surface area contributed by atoms with Gasteiger partial charge in [-0.15, -0.1) is 0 Å². The van der Waals surface area contributed by atoms with Gasteiger partial charge in [0.1, 0.15) is 23.2 Å². The Labute approximate surface area is 295 Å². The van der Waals surface area contributed by atoms with Crippen LogP contribution >= 0.6 is 0 Å². The molecule has 1 aromatic heterocycles. The standard InChI is InChI=1S/C47H31N3O/c1-3-14-31(15-4-1)45-48-46(32-16-5-2-6-17-32)50-47(49-45)36-20-11-19-34(28-36)37-23-12-24-42-43(37)41-29-40(38-21-9-10-22-39(38)44(41)51-42)35-26-25-30-13-7-8-18-33(30)27-35/h1-29,45H,(H,48,49,50). The predicted molar refractivity (Wildman–Crippen MR) is 211 cm³/mol. The Bertz CT molecular complexity index is 2830. The van der Waals surface area contributed by atoms with E-state index in [0.29, 0.717) is 5.84 Å². The van der Waals surface area contributed by atoms with Crippen LogP contribution in [0.5, 0.6) is 0 Å². The van der Waals surface area contributed by atoms with Crippen LogP contribution in [0.25, 0.3) is 65.7 Å². The molecule has 0 spiro atoms. The molecule has 240 valence electrons. The predicted octanol–water partition coefficient (Wildman–Crippen LogP) is 11.7. The van der Waals surface area contributed by atoms with Gasteiger partial charge in [-0.05, 0) is 68.2 Å². The monoisotopic (exact) mass is 653 g/mol. The number of hydrogen-bond acceptors (Lipinski definition) is 4. The zero-order chi connectivity index (χ0) is 33.7. The van der Waals surface area contributed by atoms with E-state index in [0.717, 1.165) is 61.0 Å². The van der Waals surface area contributed by atoms with Gasteiger partial charge in [0.25, 0.3) is 0 Å². The minimum atomic E-state index is -0.263. The highest BCUT2D eigenvalue weighted by Crippen LogP contribution is 2.43. The van der Waals surface area contributed by atoms with Crippen molar-refractivity contribution in [2.45, 2.75) is 6.17 Å². The van der Waals surface area contributed by atoms with E-state index in [9.17, 15) is 0 Å². The lowest BCUT2D eigenvalue weighted by atomic mass is 9.92. The molecule has 8 aromatic carbocycles. The maximum absolute atomic E-state index is 6.71. The molecule has 0 saturated carbocycles. The highest BCUT2D eigenvalue weighted by atomic mass is 16.3. The number of hydrogen-bond donors (Lipinski definition) is 1. The summed E-state index contributed by atoms with van der Waals surface area (Å²) in [7, 11) is 0. The number of rotatable bonds is 5. The summed E-state index contributed by atoms with van der Waals surface area (Å²) in [6.45, 7) is 0. The summed E-state index contributed by atoms with van der Waals surface area (Å²) in [4.78, 5) is 10.2. The Morgan fingerprint density at radius 1 is 0.471 bits per heavy atom. The first-order valence-corrected chi connectivity index (χ1v) is 17.3. The van der Waals surface area contributed by atoms with E-state index >= 15 is 0 Å². The SMILES string of the molecule is c1ccc(C2=NC(c3cccc(-c4cccc5oc6c7ccccc7c(-c7ccc8ccccc8c7)cc6c45)c3)=NC(c3ccccc3)N2)cc1. The molecule has 10 rings (SSSR count). The molecule has 4 nitrogen and oxygen atoms in total. The van der Waals surface area contributed by atoms with Crippen molar-refractivity contribution in [3.63, 3.8) is 0 Å². The molecule has 2 heterocycles. The molecule has 0 fully saturated rings. The van der Waals surface area contributed by atoms with Crippen LogP contribution in [0.4, 0.5) is 0 Å². The first kappa shape index (κ1) is 29.2. The van der Waals surface area contributed by atoms with Crippen LogP contribution in [-0.4, -0.2) is 11.7 Å². The Balaban J connectivity index is 1.15. The number of aliphatic imine (C=N–C) groups is 2. The molecule has 0 amide bonds. The zero-order valence-corrected chi connectivity index (χ0v) is 27.6. The average molecular weight is 654 g/mol. The lowest BCUT2D eigenvalue weighted by molar-refractivity contribution is 0.673. The molecule has 0 saturated heterocycles. The molecule has 0 radical (unpaired) electrons. The summed E-state index contributed by atoms with van der Waals surface area (Å²) in [6.07, 6.45) is -0.263. The third-order valence-corrected chi connectivity index (χ3v) is 9.90. The molecular weight excluding hydrogens is 623 g/mol. The second-order valence-corrected chi connectivity index (χ2v) is 13.0. The minimum Gasteiger partial charge on any atom is -0.455 e. The van der Waals surface area contributed by atoms with E-state index in [1.165, 1.54) is 27.3 Å². The van der Waals surface area contributed by atoms with E-state index in [1.807, 2.05) is 36.4 Å². The van der Waals surface area contributed by atoms with Crippen LogP contribution in [0.3, 0.4) is 0 Å². The summed E-state index contributed by atoms with van der Waals surface area (Å²) in [5.74, 6) is 1.49. The van der Waals surface area contributed by atoms with Gasteiger partial charge in [-0.2, -0.15) is 0 Å². The van der Waals surface area contributed by atoms with Gasteiger partial charge < -0.3 is 9.73 Å². The number of amidine groups is 2. The highest BCUT2D eigenvalue weighted by molar-refractivity contribution is 6.22. The maximum atomic E-state index is 6.71. The van der Waals surface area contributed by atoms with Gasteiger partial charge in [0, 0.05) is 27.3 Å². The van der Waals surface area contributed by atoms with Crippen LogP contribution in [0, 0.1) is 0 Å². The normalized spacial score (nSPS) is 14.5. The number of fused-ring (bicyclic) bond motifs is 6. The third-order valence-electron chi connectivity index (χ3n) is 9.90. The molecule has 1 N–H and O–H groups in total. The fourth-order valence-corrected chi connectivity index (χ4v) is 7.44. The topological polar surface area (TPSA) is 49.9 Å². The van der Waals surface area contributed by atoms with Gasteiger partial charge >= 0.3 is 0 Å². The fraction of sp³-hybridized carbons (Fsp3) is 0.0213. The van der Waals surface area contributed by atoms with E-state index in [4.69, 9.17) is 14.4 Å². The summed E-state index contributed by atoms with van der Waals surface area (Å²) in [5, 5.41) is 10.5. The lowest BCUT2D eigenvalue weighted by Gasteiger charge is -2.23. The smallest absolute Gasteiger partial charge is 0.159 e. The largest absolute Gasteiger partial charge is 0.455 e. The Morgan fingerprint density at radius 2 is 1.16 bits per heavy atom. The second-order valence-electron chi connectivity index (χ2n) is 13.0. The van der Waals surface area contributed by atoms with Crippen molar-refractivity contribution in [3.05, 3.63) is 193 Å². The summed E-state index contributed by atoms with van der Waals surface area (Å²) in [6, 6.07) is 61.6. The van der Waals surface area contributed by atoms with Crippen molar-refractivity contribution in [1.82, 2.24) is 5.32 Å². The quantitative estimate of drug-likeness (QED) is 0.201. The maximum Gasteiger partial charge on any atom is 0.159 e. The van der Waals surface area contributed by atoms with E-state index < -0.39 is 0 Å². The van der Waals surface area contributed by atoms with Gasteiger partial charge in [-0.25, -0.2) is 9.98 Å². The first-order valence-electron chi connectivity index (χ1n) is 17.3. The third kappa shape index (κ3) is 5.08. The molecule has 9 aromatic rings. The van der Waals surface area contributed by atoms with E-state index in [-0.39, 0.29) is 6.17 Å². The van der Waals surface area contributed by atoms with E-state index in [1.54, 1.807) is 0 Å². The Hall–Kier alpha value is -6.78. The zero-order valence-electron chi connectivity index (χ0n) is 27.6. The minimum absolute atomic E-state index is 0.263. The van der Waals surface area contributed by atoms with Crippen LogP contribution in [-0.2, 0) is 0 Å². The van der Waals surface area contributed by atoms with Gasteiger partial charge in [0.05, 0.1) is 0 Å². The van der Waals surface area contributed by atoms with Crippen LogP contribution in [0.2, 0.25) is 0 Å². The Kier molecular flexibility index (Phi) is 6.85. The molecule has 4 heteroatoms. The molecule has 1 aliphatic heterocycles. The van der Waals surface area contributed by atoms with Crippen molar-refractivity contribution in [3.8, 4) is 22.3 Å². The number of nitrogens with one attached hydrogen (secondary N) is 1. The van der Waals surface area contributed by atoms with Crippen LogP contribution in [0.1, 0.15) is 22.9 Å². The van der Waals surface area contributed by atoms with Gasteiger partial charge in [-0.3, -0.25) is 0 Å². The summed E-state index contributed by atoms with van der Waals surface area (Å²) >= 11 is 0. The van der Waals surface area contributed by atoms with Crippen LogP contribution < -0.4 is 5.32 Å². The molecule has 0 aliphatic carbocycles. The number of furan rings is 1. The molecule has 0 bridgehead atoms. The fourth-order valence-electron chi connectivity index (χ4n) is 7.44. The molecular formula is C47H31N3O. The molecule has 51 heavy (non-hydrogen) atoms. The summed E-state index contributed by atoms with van der Waals surface area (Å²) in [5.41, 5.74) is 9.38. The summed E-state index contributed by atoms with van der Waals surface area (Å²) < 4.78 is 6.71. The van der Waals surface area contributed by atoms with Crippen LogP contribution in [0.15, 0.2) is 190 Å². The van der Waals surface area contributed by atoms with Crippen molar-refractivity contribution in [2.75, 3.05) is 0 Å². The highest BCUT2D eigenvalue weighted by Gasteiger charge is 2.22. The van der Waals surface area contributed by atoms with Gasteiger partial charge in [0.2, 0.25) is 0 Å². The molecule has 1 atom stereocenters.